The molecule has 21 heavy (non-hydrogen) atoms. The van der Waals surface area contributed by atoms with Crippen LogP contribution >= 0.6 is 15.9 Å². The molecule has 0 unspecified atom stereocenters. The number of hydrogen-bond acceptors (Lipinski definition) is 1. The van der Waals surface area contributed by atoms with Crippen LogP contribution in [0.15, 0.2) is 60.8 Å². The molecule has 0 saturated carbocycles. The number of aromatic nitrogens is 1. The lowest BCUT2D eigenvalue weighted by Gasteiger charge is -2.22. The summed E-state index contributed by atoms with van der Waals surface area (Å²) in [6.45, 7) is 0.935. The minimum Gasteiger partial charge on any atom is -0.375 e. The molecule has 4 rings (SSSR count). The first-order valence-electron chi connectivity index (χ1n) is 7.01. The van der Waals surface area contributed by atoms with Crippen molar-refractivity contribution in [2.24, 2.45) is 0 Å². The summed E-state index contributed by atoms with van der Waals surface area (Å²) in [5, 5.41) is 1.33. The molecule has 2 aromatic carbocycles. The van der Waals surface area contributed by atoms with Gasteiger partial charge < -0.3 is 9.47 Å². The summed E-state index contributed by atoms with van der Waals surface area (Å²) in [6, 6.07) is 19.2. The number of hydrogen-bond donors (Lipinski definition) is 0. The van der Waals surface area contributed by atoms with E-state index in [0.29, 0.717) is 0 Å². The fourth-order valence-electron chi connectivity index (χ4n) is 3.11. The average molecular weight is 339 g/mol. The lowest BCUT2D eigenvalue weighted by Crippen LogP contribution is -2.16. The van der Waals surface area contributed by atoms with Crippen LogP contribution in [0.25, 0.3) is 21.1 Å². The van der Waals surface area contributed by atoms with Crippen LogP contribution in [0, 0.1) is 0 Å². The van der Waals surface area contributed by atoms with Crippen molar-refractivity contribution < 1.29 is 0 Å². The molecular formula is C18H15BrN2. The molecule has 0 atom stereocenters. The Labute approximate surface area is 132 Å². The minimum absolute atomic E-state index is 0.935. The Morgan fingerprint density at radius 2 is 1.67 bits per heavy atom. The van der Waals surface area contributed by atoms with Crippen molar-refractivity contribution in [3.8, 4) is 5.69 Å². The minimum atomic E-state index is 0.935. The number of halogens is 1. The first kappa shape index (κ1) is 12.7. The summed E-state index contributed by atoms with van der Waals surface area (Å²) in [7, 11) is 2.11. The van der Waals surface area contributed by atoms with E-state index in [-0.39, 0.29) is 0 Å². The molecule has 0 fully saturated rings. The predicted octanol–water partition coefficient (Wildman–Crippen LogP) is 4.77. The van der Waals surface area contributed by atoms with Gasteiger partial charge in [0.25, 0.3) is 0 Å². The summed E-state index contributed by atoms with van der Waals surface area (Å²) in [6.07, 6.45) is 2.15. The zero-order valence-electron chi connectivity index (χ0n) is 11.8. The molecule has 3 heteroatoms. The second-order valence-electron chi connectivity index (χ2n) is 5.41. The Kier molecular flexibility index (Phi) is 2.89. The normalized spacial score (nSPS) is 14.2. The molecule has 0 saturated heterocycles. The molecule has 1 aliphatic rings. The summed E-state index contributed by atoms with van der Waals surface area (Å²) in [5.41, 5.74) is 5.10. The van der Waals surface area contributed by atoms with Crippen LogP contribution in [0.4, 0.5) is 0 Å². The molecule has 3 aromatic rings. The molecule has 0 N–H and O–H groups in total. The Bertz CT molecular complexity index is 846. The van der Waals surface area contributed by atoms with Gasteiger partial charge in [-0.25, -0.2) is 0 Å². The van der Waals surface area contributed by atoms with Crippen molar-refractivity contribution in [1.82, 2.24) is 9.47 Å². The van der Waals surface area contributed by atoms with Crippen LogP contribution in [-0.4, -0.2) is 16.5 Å². The smallest absolute Gasteiger partial charge is 0.0675 e. The Morgan fingerprint density at radius 1 is 0.952 bits per heavy atom. The van der Waals surface area contributed by atoms with Crippen molar-refractivity contribution in [3.63, 3.8) is 0 Å². The van der Waals surface area contributed by atoms with Gasteiger partial charge in [-0.05, 0) is 34.1 Å². The van der Waals surface area contributed by atoms with Gasteiger partial charge in [0, 0.05) is 36.4 Å². The quantitative estimate of drug-likeness (QED) is 0.620. The van der Waals surface area contributed by atoms with E-state index in [1.165, 1.54) is 27.8 Å². The molecule has 1 aromatic heterocycles. The van der Waals surface area contributed by atoms with Gasteiger partial charge in [0.2, 0.25) is 0 Å². The highest BCUT2D eigenvalue weighted by Crippen LogP contribution is 2.39. The number of nitrogens with zero attached hydrogens (tertiary/aromatic N) is 2. The third-order valence-corrected chi connectivity index (χ3v) is 4.54. The maximum absolute atomic E-state index is 3.75. The molecule has 0 amide bonds. The monoisotopic (exact) mass is 338 g/mol. The maximum atomic E-state index is 3.75. The predicted molar refractivity (Wildman–Crippen MR) is 91.6 cm³/mol. The Morgan fingerprint density at radius 3 is 2.48 bits per heavy atom. The fraction of sp³-hybridized carbons (Fsp3) is 0.111. The lowest BCUT2D eigenvalue weighted by atomic mass is 10.1. The first-order chi connectivity index (χ1) is 10.3. The molecule has 104 valence electrons. The topological polar surface area (TPSA) is 8.17 Å². The van der Waals surface area contributed by atoms with Gasteiger partial charge in [0.05, 0.1) is 15.7 Å². The molecule has 2 nitrogen and oxygen atoms in total. The second-order valence-corrected chi connectivity index (χ2v) is 6.26. The van der Waals surface area contributed by atoms with Crippen LogP contribution in [0.1, 0.15) is 11.3 Å². The van der Waals surface area contributed by atoms with E-state index >= 15 is 0 Å². The summed E-state index contributed by atoms with van der Waals surface area (Å²) >= 11 is 3.75. The maximum Gasteiger partial charge on any atom is 0.0675 e. The number of para-hydroxylation sites is 2. The summed E-state index contributed by atoms with van der Waals surface area (Å²) in [5.74, 6) is 0. The van der Waals surface area contributed by atoms with Crippen molar-refractivity contribution in [2.45, 2.75) is 6.54 Å². The van der Waals surface area contributed by atoms with Gasteiger partial charge in [-0.2, -0.15) is 0 Å². The van der Waals surface area contributed by atoms with E-state index in [4.69, 9.17) is 0 Å². The zero-order chi connectivity index (χ0) is 14.4. The summed E-state index contributed by atoms with van der Waals surface area (Å²) in [4.78, 5) is 2.22. The van der Waals surface area contributed by atoms with E-state index < -0.39 is 0 Å². The Hall–Kier alpha value is -2.00. The SMILES string of the molecule is CN1C=C(Br)c2c(c3ccccc3n2-c2ccccc2)C1. The van der Waals surface area contributed by atoms with E-state index in [1.54, 1.807) is 0 Å². The molecule has 0 bridgehead atoms. The lowest BCUT2D eigenvalue weighted by molar-refractivity contribution is 0.448. The molecular weight excluding hydrogens is 324 g/mol. The van der Waals surface area contributed by atoms with E-state index in [2.05, 4.69) is 93.2 Å². The molecule has 0 radical (unpaired) electrons. The highest BCUT2D eigenvalue weighted by Gasteiger charge is 2.23. The summed E-state index contributed by atoms with van der Waals surface area (Å²) < 4.78 is 3.48. The van der Waals surface area contributed by atoms with Gasteiger partial charge in [0.1, 0.15) is 0 Å². The van der Waals surface area contributed by atoms with E-state index in [1.807, 2.05) is 0 Å². The van der Waals surface area contributed by atoms with Gasteiger partial charge >= 0.3 is 0 Å². The first-order valence-corrected chi connectivity index (χ1v) is 7.80. The Balaban J connectivity index is 2.13. The fourth-order valence-corrected chi connectivity index (χ4v) is 3.88. The zero-order valence-corrected chi connectivity index (χ0v) is 13.3. The van der Waals surface area contributed by atoms with Gasteiger partial charge in [-0.1, -0.05) is 36.4 Å². The van der Waals surface area contributed by atoms with Gasteiger partial charge in [0.15, 0.2) is 0 Å². The van der Waals surface area contributed by atoms with Crippen LogP contribution in [0.3, 0.4) is 0 Å². The molecule has 0 aliphatic carbocycles. The highest BCUT2D eigenvalue weighted by atomic mass is 79.9. The average Bonchev–Trinajstić information content (AvgIpc) is 2.83. The van der Waals surface area contributed by atoms with Crippen LogP contribution in [0.5, 0.6) is 0 Å². The highest BCUT2D eigenvalue weighted by molar-refractivity contribution is 9.15. The van der Waals surface area contributed by atoms with Crippen LogP contribution < -0.4 is 0 Å². The molecule has 0 spiro atoms. The third-order valence-electron chi connectivity index (χ3n) is 3.96. The van der Waals surface area contributed by atoms with Crippen molar-refractivity contribution >= 4 is 31.3 Å². The number of benzene rings is 2. The van der Waals surface area contributed by atoms with E-state index in [0.717, 1.165) is 11.0 Å². The molecule has 2 heterocycles. The number of rotatable bonds is 1. The second kappa shape index (κ2) is 4.78. The number of fused-ring (bicyclic) bond motifs is 3. The van der Waals surface area contributed by atoms with Crippen molar-refractivity contribution in [3.05, 3.63) is 72.1 Å². The van der Waals surface area contributed by atoms with Crippen LogP contribution in [-0.2, 0) is 6.54 Å². The standard InChI is InChI=1S/C18H15BrN2/c1-20-11-15-14-9-5-6-10-17(14)21(18(15)16(19)12-20)13-7-3-2-4-8-13/h2-10,12H,11H2,1H3. The largest absolute Gasteiger partial charge is 0.375 e. The van der Waals surface area contributed by atoms with Crippen molar-refractivity contribution in [1.29, 1.82) is 0 Å². The molecule has 1 aliphatic heterocycles. The third kappa shape index (κ3) is 1.92. The van der Waals surface area contributed by atoms with E-state index in [9.17, 15) is 0 Å². The van der Waals surface area contributed by atoms with Crippen molar-refractivity contribution in [2.75, 3.05) is 7.05 Å². The van der Waals surface area contributed by atoms with Crippen LogP contribution in [0.2, 0.25) is 0 Å². The van der Waals surface area contributed by atoms with Gasteiger partial charge in [-0.3, -0.25) is 0 Å². The van der Waals surface area contributed by atoms with Gasteiger partial charge in [-0.15, -0.1) is 0 Å².